The number of rotatable bonds is 6. The maximum absolute atomic E-state index is 12.2. The van der Waals surface area contributed by atoms with Crippen LogP contribution in [-0.4, -0.2) is 41.1 Å². The fourth-order valence-electron chi connectivity index (χ4n) is 2.21. The maximum atomic E-state index is 12.2. The van der Waals surface area contributed by atoms with Gasteiger partial charge in [0.1, 0.15) is 0 Å². The summed E-state index contributed by atoms with van der Waals surface area (Å²) in [7, 11) is 0. The van der Waals surface area contributed by atoms with Gasteiger partial charge in [-0.05, 0) is 31.9 Å². The van der Waals surface area contributed by atoms with E-state index in [1.54, 1.807) is 12.1 Å². The lowest BCUT2D eigenvalue weighted by Crippen LogP contribution is -2.44. The smallest absolute Gasteiger partial charge is 0.241 e. The summed E-state index contributed by atoms with van der Waals surface area (Å²) >= 11 is 0. The minimum Gasteiger partial charge on any atom is -0.397 e. The molecule has 1 atom stereocenters. The van der Waals surface area contributed by atoms with Gasteiger partial charge >= 0.3 is 0 Å². The standard InChI is InChI=1S/C14H21N3O2/c1-10(17(8-9-18)11-6-7-11)14(19)16-13-5-3-2-4-12(13)15/h2-5,10-11,18H,6-9,15H2,1H3,(H,16,19). The zero-order valence-corrected chi connectivity index (χ0v) is 11.2. The summed E-state index contributed by atoms with van der Waals surface area (Å²) in [6.45, 7) is 2.47. The summed E-state index contributed by atoms with van der Waals surface area (Å²) in [6.07, 6.45) is 2.20. The summed E-state index contributed by atoms with van der Waals surface area (Å²) in [5, 5.41) is 11.9. The molecule has 1 amide bonds. The second kappa shape index (κ2) is 6.04. The number of anilines is 2. The Morgan fingerprint density at radius 3 is 2.79 bits per heavy atom. The quantitative estimate of drug-likeness (QED) is 0.670. The van der Waals surface area contributed by atoms with Crippen LogP contribution in [0, 0.1) is 0 Å². The minimum atomic E-state index is -0.265. The zero-order valence-electron chi connectivity index (χ0n) is 11.2. The Kier molecular flexibility index (Phi) is 4.39. The average Bonchev–Trinajstić information content (AvgIpc) is 3.22. The third kappa shape index (κ3) is 3.45. The third-order valence-corrected chi connectivity index (χ3v) is 3.47. The van der Waals surface area contributed by atoms with Gasteiger partial charge in [-0.3, -0.25) is 9.69 Å². The topological polar surface area (TPSA) is 78.6 Å². The third-order valence-electron chi connectivity index (χ3n) is 3.47. The molecule has 0 saturated heterocycles. The molecule has 1 saturated carbocycles. The molecule has 1 aliphatic rings. The van der Waals surface area contributed by atoms with Crippen molar-refractivity contribution in [1.82, 2.24) is 4.90 Å². The molecule has 0 heterocycles. The molecule has 1 fully saturated rings. The number of nitrogens with two attached hydrogens (primary N) is 1. The van der Waals surface area contributed by atoms with Crippen molar-refractivity contribution in [3.8, 4) is 0 Å². The number of hydrogen-bond acceptors (Lipinski definition) is 4. The molecule has 1 aromatic rings. The van der Waals surface area contributed by atoms with E-state index in [0.717, 1.165) is 12.8 Å². The summed E-state index contributed by atoms with van der Waals surface area (Å²) in [6, 6.07) is 7.38. The monoisotopic (exact) mass is 263 g/mol. The van der Waals surface area contributed by atoms with Crippen LogP contribution < -0.4 is 11.1 Å². The van der Waals surface area contributed by atoms with E-state index < -0.39 is 0 Å². The Morgan fingerprint density at radius 2 is 2.21 bits per heavy atom. The van der Waals surface area contributed by atoms with Gasteiger partial charge < -0.3 is 16.2 Å². The summed E-state index contributed by atoms with van der Waals surface area (Å²) < 4.78 is 0. The highest BCUT2D eigenvalue weighted by Crippen LogP contribution is 2.28. The molecule has 1 aromatic carbocycles. The van der Waals surface area contributed by atoms with Crippen molar-refractivity contribution in [2.45, 2.75) is 31.8 Å². The summed E-state index contributed by atoms with van der Waals surface area (Å²) in [5.74, 6) is -0.0850. The van der Waals surface area contributed by atoms with Crippen molar-refractivity contribution < 1.29 is 9.90 Å². The van der Waals surface area contributed by atoms with Crippen LogP contribution in [0.5, 0.6) is 0 Å². The van der Waals surface area contributed by atoms with E-state index in [4.69, 9.17) is 10.8 Å². The number of amides is 1. The molecule has 2 rings (SSSR count). The minimum absolute atomic E-state index is 0.0710. The van der Waals surface area contributed by atoms with Crippen molar-refractivity contribution in [1.29, 1.82) is 0 Å². The molecule has 1 aliphatic carbocycles. The van der Waals surface area contributed by atoms with Crippen LogP contribution in [0.4, 0.5) is 11.4 Å². The first-order valence-corrected chi connectivity index (χ1v) is 6.65. The lowest BCUT2D eigenvalue weighted by Gasteiger charge is -2.27. The number of para-hydroxylation sites is 2. The normalized spacial score (nSPS) is 16.4. The molecule has 0 aliphatic heterocycles. The molecule has 5 nitrogen and oxygen atoms in total. The van der Waals surface area contributed by atoms with Gasteiger partial charge in [0, 0.05) is 12.6 Å². The van der Waals surface area contributed by atoms with E-state index in [1.165, 1.54) is 0 Å². The van der Waals surface area contributed by atoms with Gasteiger partial charge in [-0.1, -0.05) is 12.1 Å². The fraction of sp³-hybridized carbons (Fsp3) is 0.500. The number of benzene rings is 1. The number of aliphatic hydroxyl groups is 1. The Bertz CT molecular complexity index is 446. The van der Waals surface area contributed by atoms with Crippen LogP contribution in [0.15, 0.2) is 24.3 Å². The first-order valence-electron chi connectivity index (χ1n) is 6.65. The lowest BCUT2D eigenvalue weighted by molar-refractivity contribution is -0.121. The molecule has 19 heavy (non-hydrogen) atoms. The molecule has 0 bridgehead atoms. The van der Waals surface area contributed by atoms with E-state index in [9.17, 15) is 4.79 Å². The zero-order chi connectivity index (χ0) is 13.8. The molecule has 0 spiro atoms. The van der Waals surface area contributed by atoms with Crippen molar-refractivity contribution in [3.05, 3.63) is 24.3 Å². The fourth-order valence-corrected chi connectivity index (χ4v) is 2.21. The van der Waals surface area contributed by atoms with Gasteiger partial charge in [-0.15, -0.1) is 0 Å². The Labute approximate surface area is 113 Å². The van der Waals surface area contributed by atoms with E-state index >= 15 is 0 Å². The maximum Gasteiger partial charge on any atom is 0.241 e. The van der Waals surface area contributed by atoms with Crippen molar-refractivity contribution in [2.24, 2.45) is 0 Å². The highest BCUT2D eigenvalue weighted by molar-refractivity contribution is 5.97. The highest BCUT2D eigenvalue weighted by Gasteiger charge is 2.34. The Hall–Kier alpha value is -1.59. The molecule has 104 valence electrons. The number of hydrogen-bond donors (Lipinski definition) is 3. The van der Waals surface area contributed by atoms with Gasteiger partial charge in [0.05, 0.1) is 24.0 Å². The van der Waals surface area contributed by atoms with E-state index in [2.05, 4.69) is 10.2 Å². The summed E-state index contributed by atoms with van der Waals surface area (Å²) in [5.41, 5.74) is 7.00. The first-order chi connectivity index (χ1) is 9.13. The van der Waals surface area contributed by atoms with Gasteiger partial charge in [-0.25, -0.2) is 0 Å². The molecule has 5 heteroatoms. The lowest BCUT2D eigenvalue weighted by atomic mass is 10.2. The number of nitrogens with one attached hydrogen (secondary N) is 1. The van der Waals surface area contributed by atoms with Crippen molar-refractivity contribution >= 4 is 17.3 Å². The van der Waals surface area contributed by atoms with Crippen LogP contribution in [0.25, 0.3) is 0 Å². The van der Waals surface area contributed by atoms with E-state index in [1.807, 2.05) is 19.1 Å². The first kappa shape index (κ1) is 13.8. The van der Waals surface area contributed by atoms with Crippen LogP contribution in [0.2, 0.25) is 0 Å². The molecule has 4 N–H and O–H groups in total. The van der Waals surface area contributed by atoms with E-state index in [-0.39, 0.29) is 18.6 Å². The molecular weight excluding hydrogens is 242 g/mol. The highest BCUT2D eigenvalue weighted by atomic mass is 16.3. The Morgan fingerprint density at radius 1 is 1.53 bits per heavy atom. The van der Waals surface area contributed by atoms with Crippen molar-refractivity contribution in [3.63, 3.8) is 0 Å². The second-order valence-electron chi connectivity index (χ2n) is 4.95. The number of nitrogen functional groups attached to an aromatic ring is 1. The van der Waals surface area contributed by atoms with Crippen molar-refractivity contribution in [2.75, 3.05) is 24.2 Å². The number of nitrogens with zero attached hydrogens (tertiary/aromatic N) is 1. The SMILES string of the molecule is CC(C(=O)Nc1ccccc1N)N(CCO)C1CC1. The van der Waals surface area contributed by atoms with Crippen LogP contribution >= 0.6 is 0 Å². The van der Waals surface area contributed by atoms with Gasteiger partial charge in [0.25, 0.3) is 0 Å². The number of carbonyl (C=O) groups is 1. The largest absolute Gasteiger partial charge is 0.397 e. The number of aliphatic hydroxyl groups excluding tert-OH is 1. The summed E-state index contributed by atoms with van der Waals surface area (Å²) in [4.78, 5) is 14.3. The number of carbonyl (C=O) groups excluding carboxylic acids is 1. The predicted octanol–water partition coefficient (Wildman–Crippen LogP) is 1.05. The van der Waals surface area contributed by atoms with Crippen LogP contribution in [0.3, 0.4) is 0 Å². The van der Waals surface area contributed by atoms with Gasteiger partial charge in [0.2, 0.25) is 5.91 Å². The van der Waals surface area contributed by atoms with Crippen LogP contribution in [-0.2, 0) is 4.79 Å². The van der Waals surface area contributed by atoms with Crippen LogP contribution in [0.1, 0.15) is 19.8 Å². The van der Waals surface area contributed by atoms with Gasteiger partial charge in [0.15, 0.2) is 0 Å². The predicted molar refractivity (Wildman–Crippen MR) is 75.8 cm³/mol. The Balaban J connectivity index is 2.00. The van der Waals surface area contributed by atoms with E-state index in [0.29, 0.717) is 24.0 Å². The molecule has 0 radical (unpaired) electrons. The molecule has 0 aromatic heterocycles. The molecular formula is C14H21N3O2. The average molecular weight is 263 g/mol. The molecule has 1 unspecified atom stereocenters. The second-order valence-corrected chi connectivity index (χ2v) is 4.95. The van der Waals surface area contributed by atoms with Gasteiger partial charge in [-0.2, -0.15) is 0 Å².